The first-order valence-corrected chi connectivity index (χ1v) is 10.00. The largest absolute Gasteiger partial charge is 0.867 e. The first-order valence-electron chi connectivity index (χ1n) is 8.39. The van der Waals surface area contributed by atoms with Crippen molar-refractivity contribution >= 4 is 57.3 Å². The lowest BCUT2D eigenvalue weighted by atomic mass is 10.1. The number of aromatic nitrogens is 1. The Bertz CT molecular complexity index is 1020. The first-order chi connectivity index (χ1) is 12.9. The van der Waals surface area contributed by atoms with Crippen molar-refractivity contribution in [3.8, 4) is 0 Å². The quantitative estimate of drug-likeness (QED) is 0.290. The topological polar surface area (TPSA) is 39.0 Å². The molecular formula is C21H19ClN2OS2. The molecule has 0 saturated heterocycles. The molecule has 0 aliphatic heterocycles. The van der Waals surface area contributed by atoms with E-state index in [0.717, 1.165) is 22.4 Å². The number of hydrogen-bond donors (Lipinski definition) is 1. The van der Waals surface area contributed by atoms with Crippen molar-refractivity contribution in [2.45, 2.75) is 20.8 Å². The van der Waals surface area contributed by atoms with E-state index in [0.29, 0.717) is 19.9 Å². The van der Waals surface area contributed by atoms with Gasteiger partial charge in [0.2, 0.25) is 5.70 Å². The van der Waals surface area contributed by atoms with Gasteiger partial charge in [-0.1, -0.05) is 42.0 Å². The average Bonchev–Trinajstić information content (AvgIpc) is 3.05. The molecule has 27 heavy (non-hydrogen) atoms. The number of anilines is 1. The van der Waals surface area contributed by atoms with Crippen molar-refractivity contribution in [2.75, 3.05) is 5.32 Å². The fourth-order valence-electron chi connectivity index (χ4n) is 2.81. The number of benzene rings is 1. The van der Waals surface area contributed by atoms with Gasteiger partial charge >= 0.3 is 0 Å². The maximum atomic E-state index is 13.2. The van der Waals surface area contributed by atoms with E-state index in [1.807, 2.05) is 63.5 Å². The number of pyridine rings is 1. The molecule has 0 saturated carbocycles. The van der Waals surface area contributed by atoms with Crippen LogP contribution in [0.1, 0.15) is 21.6 Å². The van der Waals surface area contributed by atoms with Crippen LogP contribution in [0.2, 0.25) is 4.34 Å². The van der Waals surface area contributed by atoms with Crippen molar-refractivity contribution < 1.29 is 9.67 Å². The van der Waals surface area contributed by atoms with Crippen molar-refractivity contribution in [2.24, 2.45) is 0 Å². The van der Waals surface area contributed by atoms with Gasteiger partial charge in [0.1, 0.15) is 0 Å². The second-order valence-electron chi connectivity index (χ2n) is 6.29. The van der Waals surface area contributed by atoms with Gasteiger partial charge in [0.25, 0.3) is 0 Å². The van der Waals surface area contributed by atoms with Crippen LogP contribution in [0.15, 0.2) is 54.9 Å². The molecule has 0 fully saturated rings. The Morgan fingerprint density at radius 1 is 1.07 bits per heavy atom. The molecule has 0 aliphatic rings. The SMILES string of the molecule is Cc1ccc[n+](/C(C(=S)Nc2c(C)cccc2C)=C(/[O-])c2ccc(Cl)s2)c1. The van der Waals surface area contributed by atoms with Crippen LogP contribution in [0.25, 0.3) is 11.5 Å². The van der Waals surface area contributed by atoms with Gasteiger partial charge in [-0.25, -0.2) is 0 Å². The summed E-state index contributed by atoms with van der Waals surface area (Å²) >= 11 is 12.9. The number of thiocarbonyl (C=S) groups is 1. The normalized spacial score (nSPS) is 11.9. The molecule has 0 amide bonds. The van der Waals surface area contributed by atoms with E-state index in [1.54, 1.807) is 16.7 Å². The summed E-state index contributed by atoms with van der Waals surface area (Å²) in [5, 5.41) is 16.5. The molecule has 0 atom stereocenters. The van der Waals surface area contributed by atoms with E-state index in [4.69, 9.17) is 23.8 Å². The van der Waals surface area contributed by atoms with Crippen LogP contribution in [0.5, 0.6) is 0 Å². The number of aryl methyl sites for hydroxylation is 3. The number of nitrogens with one attached hydrogen (secondary N) is 1. The fourth-order valence-corrected chi connectivity index (χ4v) is 4.09. The van der Waals surface area contributed by atoms with Crippen LogP contribution in [-0.4, -0.2) is 4.99 Å². The highest BCUT2D eigenvalue weighted by Crippen LogP contribution is 2.28. The number of nitrogens with zero attached hydrogens (tertiary/aromatic N) is 1. The molecule has 0 bridgehead atoms. The van der Waals surface area contributed by atoms with Crippen molar-refractivity contribution in [3.63, 3.8) is 0 Å². The molecule has 1 aromatic carbocycles. The molecule has 2 heterocycles. The maximum absolute atomic E-state index is 13.2. The van der Waals surface area contributed by atoms with Gasteiger partial charge < -0.3 is 10.4 Å². The Morgan fingerprint density at radius 2 is 1.78 bits per heavy atom. The monoisotopic (exact) mass is 414 g/mol. The summed E-state index contributed by atoms with van der Waals surface area (Å²) in [6.07, 6.45) is 3.72. The lowest BCUT2D eigenvalue weighted by Crippen LogP contribution is -2.40. The highest BCUT2D eigenvalue weighted by atomic mass is 35.5. The Kier molecular flexibility index (Phi) is 5.95. The predicted molar refractivity (Wildman–Crippen MR) is 116 cm³/mol. The van der Waals surface area contributed by atoms with E-state index in [9.17, 15) is 5.11 Å². The average molecular weight is 415 g/mol. The Hall–Kier alpha value is -2.21. The predicted octanol–water partition coefficient (Wildman–Crippen LogP) is 4.74. The third-order valence-electron chi connectivity index (χ3n) is 4.15. The van der Waals surface area contributed by atoms with E-state index in [-0.39, 0.29) is 5.76 Å². The minimum atomic E-state index is -0.161. The van der Waals surface area contributed by atoms with Crippen LogP contribution < -0.4 is 15.0 Å². The molecule has 3 rings (SSSR count). The minimum Gasteiger partial charge on any atom is -0.867 e. The Labute approximate surface area is 173 Å². The van der Waals surface area contributed by atoms with Crippen LogP contribution in [0.4, 0.5) is 5.69 Å². The second kappa shape index (κ2) is 8.21. The molecule has 138 valence electrons. The summed E-state index contributed by atoms with van der Waals surface area (Å²) in [6.45, 7) is 6.00. The number of thiophene rings is 1. The van der Waals surface area contributed by atoms with Crippen LogP contribution in [0.3, 0.4) is 0 Å². The van der Waals surface area contributed by atoms with Gasteiger partial charge in [-0.3, -0.25) is 0 Å². The van der Waals surface area contributed by atoms with Crippen LogP contribution in [0, 0.1) is 20.8 Å². The summed E-state index contributed by atoms with van der Waals surface area (Å²) in [7, 11) is 0. The Morgan fingerprint density at radius 3 is 2.37 bits per heavy atom. The van der Waals surface area contributed by atoms with E-state index >= 15 is 0 Å². The summed E-state index contributed by atoms with van der Waals surface area (Å²) < 4.78 is 2.34. The maximum Gasteiger partial charge on any atom is 0.239 e. The fraction of sp³-hybridized carbons (Fsp3) is 0.143. The molecule has 1 N–H and O–H groups in total. The third-order valence-corrected chi connectivity index (χ3v) is 5.68. The Balaban J connectivity index is 2.11. The van der Waals surface area contributed by atoms with Gasteiger partial charge in [0.15, 0.2) is 17.4 Å². The summed E-state index contributed by atoms with van der Waals surface area (Å²) in [5.41, 5.74) is 4.48. The van der Waals surface area contributed by atoms with Crippen molar-refractivity contribution in [1.29, 1.82) is 0 Å². The number of hydrogen-bond acceptors (Lipinski definition) is 3. The molecule has 2 aromatic heterocycles. The first kappa shape index (κ1) is 19.5. The highest BCUT2D eigenvalue weighted by Gasteiger charge is 2.20. The van der Waals surface area contributed by atoms with Gasteiger partial charge in [-0.2, -0.15) is 4.57 Å². The molecular weight excluding hydrogens is 396 g/mol. The molecule has 6 heteroatoms. The third kappa shape index (κ3) is 4.38. The zero-order valence-electron chi connectivity index (χ0n) is 15.2. The molecule has 0 spiro atoms. The standard InChI is InChI=1S/C21H19ClN2OS2/c1-13-6-5-11-24(12-13)19(20(25)16-9-10-17(22)27-16)21(26)23-18-14(2)7-4-8-15(18)3/h4-12H,1-3H3,(H-,23,25,26). The van der Waals surface area contributed by atoms with Crippen LogP contribution >= 0.6 is 35.2 Å². The summed E-state index contributed by atoms with van der Waals surface area (Å²) in [5.74, 6) is -0.161. The number of rotatable bonds is 4. The second-order valence-corrected chi connectivity index (χ2v) is 8.41. The molecule has 0 unspecified atom stereocenters. The summed E-state index contributed by atoms with van der Waals surface area (Å²) in [6, 6.07) is 13.3. The summed E-state index contributed by atoms with van der Waals surface area (Å²) in [4.78, 5) is 0.923. The van der Waals surface area contributed by atoms with Gasteiger partial charge in [0, 0.05) is 22.2 Å². The van der Waals surface area contributed by atoms with E-state index < -0.39 is 0 Å². The highest BCUT2D eigenvalue weighted by molar-refractivity contribution is 7.81. The van der Waals surface area contributed by atoms with Crippen molar-refractivity contribution in [3.05, 3.63) is 80.8 Å². The van der Waals surface area contributed by atoms with Gasteiger partial charge in [-0.15, -0.1) is 11.3 Å². The zero-order chi connectivity index (χ0) is 19.6. The van der Waals surface area contributed by atoms with Crippen molar-refractivity contribution in [1.82, 2.24) is 0 Å². The van der Waals surface area contributed by atoms with E-state index in [2.05, 4.69) is 5.32 Å². The lowest BCUT2D eigenvalue weighted by molar-refractivity contribution is -0.578. The van der Waals surface area contributed by atoms with Gasteiger partial charge in [0.05, 0.1) is 4.34 Å². The lowest BCUT2D eigenvalue weighted by Gasteiger charge is -2.17. The molecule has 0 radical (unpaired) electrons. The molecule has 0 aliphatic carbocycles. The van der Waals surface area contributed by atoms with Crippen LogP contribution in [-0.2, 0) is 0 Å². The molecule has 3 nitrogen and oxygen atoms in total. The zero-order valence-corrected chi connectivity index (χ0v) is 17.6. The van der Waals surface area contributed by atoms with Gasteiger partial charge in [-0.05, 0) is 55.9 Å². The molecule has 3 aromatic rings. The number of para-hydroxylation sites is 1. The minimum absolute atomic E-state index is 0.161. The number of halogens is 1. The smallest absolute Gasteiger partial charge is 0.239 e. The van der Waals surface area contributed by atoms with E-state index in [1.165, 1.54) is 11.3 Å².